The lowest BCUT2D eigenvalue weighted by molar-refractivity contribution is -0.118. The number of Topliss-reactive ketones (excluding diaryl/α,β-unsaturated/α-hetero) is 1. The normalized spacial score (nSPS) is 12.4. The van der Waals surface area contributed by atoms with Gasteiger partial charge >= 0.3 is 0 Å². The second kappa shape index (κ2) is 8.39. The Labute approximate surface area is 162 Å². The number of nitrogens with one attached hydrogen (secondary N) is 2. The third kappa shape index (κ3) is 4.76. The van der Waals surface area contributed by atoms with Crippen LogP contribution in [0.3, 0.4) is 0 Å². The van der Waals surface area contributed by atoms with Crippen LogP contribution in [0.4, 0.5) is 5.69 Å². The number of carbonyl (C=O) groups is 3. The number of hydrogen-bond acceptors (Lipinski definition) is 5. The first-order chi connectivity index (χ1) is 13.4. The maximum absolute atomic E-state index is 12.2. The second-order valence-electron chi connectivity index (χ2n) is 6.32. The first-order valence-corrected chi connectivity index (χ1v) is 8.69. The monoisotopic (exact) mass is 380 g/mol. The fourth-order valence-electron chi connectivity index (χ4n) is 2.60. The Morgan fingerprint density at radius 3 is 2.43 bits per heavy atom. The topological polar surface area (TPSA) is 93.7 Å². The van der Waals surface area contributed by atoms with Crippen LogP contribution in [0.25, 0.3) is 0 Å². The summed E-state index contributed by atoms with van der Waals surface area (Å²) in [5, 5.41) is 5.42. The molecular weight excluding hydrogens is 360 g/mol. The zero-order chi connectivity index (χ0) is 20.1. The molecule has 0 aromatic heterocycles. The van der Waals surface area contributed by atoms with Gasteiger partial charge in [0.25, 0.3) is 0 Å². The lowest BCUT2D eigenvalue weighted by Gasteiger charge is -2.07. The van der Waals surface area contributed by atoms with E-state index in [1.54, 1.807) is 43.3 Å². The van der Waals surface area contributed by atoms with Crippen LogP contribution in [0, 0.1) is 0 Å². The highest BCUT2D eigenvalue weighted by atomic mass is 16.7. The fraction of sp³-hybridized carbons (Fsp3) is 0.190. The van der Waals surface area contributed by atoms with Crippen molar-refractivity contribution in [3.8, 4) is 11.5 Å². The zero-order valence-electron chi connectivity index (χ0n) is 15.6. The van der Waals surface area contributed by atoms with Crippen LogP contribution in [-0.2, 0) is 16.1 Å². The largest absolute Gasteiger partial charge is 0.454 e. The molecule has 2 amide bonds. The molecule has 0 atom stereocenters. The number of carbonyl (C=O) groups excluding carboxylic acids is 3. The molecule has 0 bridgehead atoms. The van der Waals surface area contributed by atoms with Gasteiger partial charge in [0.15, 0.2) is 17.3 Å². The average molecular weight is 380 g/mol. The van der Waals surface area contributed by atoms with E-state index in [1.165, 1.54) is 13.0 Å². The Morgan fingerprint density at radius 1 is 1.00 bits per heavy atom. The van der Waals surface area contributed by atoms with Crippen molar-refractivity contribution in [1.82, 2.24) is 5.32 Å². The molecule has 28 heavy (non-hydrogen) atoms. The summed E-state index contributed by atoms with van der Waals surface area (Å²) >= 11 is 0. The minimum Gasteiger partial charge on any atom is -0.454 e. The van der Waals surface area contributed by atoms with E-state index in [2.05, 4.69) is 10.6 Å². The SMILES string of the molecule is CC(=O)c1ccc(NC(=O)/C=C(/C)C(=O)NCc2ccc3c(c2)OCO3)cc1. The quantitative estimate of drug-likeness (QED) is 0.594. The molecule has 2 aromatic carbocycles. The minimum absolute atomic E-state index is 0.0484. The van der Waals surface area contributed by atoms with Gasteiger partial charge in [-0.2, -0.15) is 0 Å². The number of benzene rings is 2. The highest BCUT2D eigenvalue weighted by Gasteiger charge is 2.14. The minimum atomic E-state index is -0.425. The van der Waals surface area contributed by atoms with Crippen molar-refractivity contribution in [3.63, 3.8) is 0 Å². The van der Waals surface area contributed by atoms with Crippen molar-refractivity contribution in [3.05, 3.63) is 65.2 Å². The van der Waals surface area contributed by atoms with Gasteiger partial charge < -0.3 is 20.1 Å². The Balaban J connectivity index is 1.53. The molecule has 144 valence electrons. The maximum atomic E-state index is 12.2. The second-order valence-corrected chi connectivity index (χ2v) is 6.32. The first kappa shape index (κ1) is 19.2. The number of fused-ring (bicyclic) bond motifs is 1. The molecular formula is C21H20N2O5. The smallest absolute Gasteiger partial charge is 0.248 e. The van der Waals surface area contributed by atoms with Crippen LogP contribution in [-0.4, -0.2) is 24.4 Å². The molecule has 7 nitrogen and oxygen atoms in total. The van der Waals surface area contributed by atoms with Crippen molar-refractivity contribution in [2.45, 2.75) is 20.4 Å². The van der Waals surface area contributed by atoms with Gasteiger partial charge in [0.2, 0.25) is 18.6 Å². The third-order valence-corrected chi connectivity index (χ3v) is 4.15. The predicted octanol–water partition coefficient (Wildman–Crippen LogP) is 2.82. The molecule has 1 heterocycles. The van der Waals surface area contributed by atoms with Crippen LogP contribution < -0.4 is 20.1 Å². The van der Waals surface area contributed by atoms with Gasteiger partial charge in [-0.15, -0.1) is 0 Å². The Bertz CT molecular complexity index is 948. The summed E-state index contributed by atoms with van der Waals surface area (Å²) < 4.78 is 10.6. The number of anilines is 1. The Morgan fingerprint density at radius 2 is 1.71 bits per heavy atom. The van der Waals surface area contributed by atoms with E-state index in [0.717, 1.165) is 5.56 Å². The molecule has 2 aromatic rings. The third-order valence-electron chi connectivity index (χ3n) is 4.15. The van der Waals surface area contributed by atoms with E-state index >= 15 is 0 Å². The number of ketones is 1. The van der Waals surface area contributed by atoms with Gasteiger partial charge in [0.1, 0.15) is 0 Å². The molecule has 2 N–H and O–H groups in total. The molecule has 0 saturated carbocycles. The summed E-state index contributed by atoms with van der Waals surface area (Å²) in [6.45, 7) is 3.53. The summed E-state index contributed by atoms with van der Waals surface area (Å²) in [4.78, 5) is 35.6. The summed E-state index contributed by atoms with van der Waals surface area (Å²) in [5.41, 5.74) is 2.24. The average Bonchev–Trinajstić information content (AvgIpc) is 3.14. The molecule has 0 saturated heterocycles. The van der Waals surface area contributed by atoms with Gasteiger partial charge in [0.05, 0.1) is 0 Å². The molecule has 7 heteroatoms. The number of hydrogen-bond donors (Lipinski definition) is 2. The first-order valence-electron chi connectivity index (χ1n) is 8.69. The maximum Gasteiger partial charge on any atom is 0.248 e. The summed E-state index contributed by atoms with van der Waals surface area (Å²) in [5.74, 6) is 0.507. The van der Waals surface area contributed by atoms with Crippen LogP contribution in [0.1, 0.15) is 29.8 Å². The highest BCUT2D eigenvalue weighted by Crippen LogP contribution is 2.32. The van der Waals surface area contributed by atoms with Gasteiger partial charge in [-0.1, -0.05) is 6.07 Å². The molecule has 3 rings (SSSR count). The van der Waals surface area contributed by atoms with Gasteiger partial charge in [0, 0.05) is 29.4 Å². The highest BCUT2D eigenvalue weighted by molar-refractivity contribution is 6.06. The molecule has 0 aliphatic carbocycles. The summed E-state index contributed by atoms with van der Waals surface area (Å²) in [7, 11) is 0. The summed E-state index contributed by atoms with van der Waals surface area (Å²) in [6, 6.07) is 12.0. The molecule has 1 aliphatic rings. The predicted molar refractivity (Wildman–Crippen MR) is 103 cm³/mol. The van der Waals surface area contributed by atoms with Crippen molar-refractivity contribution in [2.24, 2.45) is 0 Å². The standard InChI is InChI=1S/C21H20N2O5/c1-13(9-20(25)23-17-6-4-16(5-7-17)14(2)24)21(26)22-11-15-3-8-18-19(10-15)28-12-27-18/h3-10H,11-12H2,1-2H3,(H,22,26)(H,23,25)/b13-9-. The van der Waals surface area contributed by atoms with Crippen LogP contribution in [0.15, 0.2) is 54.1 Å². The van der Waals surface area contributed by atoms with E-state index in [0.29, 0.717) is 29.3 Å². The van der Waals surface area contributed by atoms with Crippen LogP contribution >= 0.6 is 0 Å². The molecule has 0 radical (unpaired) electrons. The van der Waals surface area contributed by atoms with Crippen molar-refractivity contribution in [1.29, 1.82) is 0 Å². The zero-order valence-corrected chi connectivity index (χ0v) is 15.6. The van der Waals surface area contributed by atoms with E-state index in [4.69, 9.17) is 9.47 Å². The lowest BCUT2D eigenvalue weighted by atomic mass is 10.1. The van der Waals surface area contributed by atoms with Crippen LogP contribution in [0.2, 0.25) is 0 Å². The molecule has 0 spiro atoms. The Hall–Kier alpha value is -3.61. The molecule has 1 aliphatic heterocycles. The lowest BCUT2D eigenvalue weighted by Crippen LogP contribution is -2.24. The number of amides is 2. The van der Waals surface area contributed by atoms with Crippen molar-refractivity contribution in [2.75, 3.05) is 12.1 Å². The van der Waals surface area contributed by atoms with E-state index < -0.39 is 5.91 Å². The summed E-state index contributed by atoms with van der Waals surface area (Å²) in [6.07, 6.45) is 1.23. The Kier molecular flexibility index (Phi) is 5.74. The van der Waals surface area contributed by atoms with Crippen LogP contribution in [0.5, 0.6) is 11.5 Å². The van der Waals surface area contributed by atoms with Gasteiger partial charge in [-0.25, -0.2) is 0 Å². The van der Waals surface area contributed by atoms with Crippen molar-refractivity contribution >= 4 is 23.3 Å². The number of rotatable bonds is 6. The fourth-order valence-corrected chi connectivity index (χ4v) is 2.60. The van der Waals surface area contributed by atoms with E-state index in [9.17, 15) is 14.4 Å². The molecule has 0 fully saturated rings. The van der Waals surface area contributed by atoms with Crippen molar-refractivity contribution < 1.29 is 23.9 Å². The van der Waals surface area contributed by atoms with E-state index in [-0.39, 0.29) is 24.1 Å². The van der Waals surface area contributed by atoms with E-state index in [1.807, 2.05) is 6.07 Å². The van der Waals surface area contributed by atoms with Gasteiger partial charge in [-0.3, -0.25) is 14.4 Å². The van der Waals surface area contributed by atoms with Gasteiger partial charge in [-0.05, 0) is 55.8 Å². The molecule has 0 unspecified atom stereocenters. The number of ether oxygens (including phenoxy) is 2.